The smallest absolute Gasteiger partial charge is 0.305 e. The predicted molar refractivity (Wildman–Crippen MR) is 157 cm³/mol. The molecular weight excluding hydrogens is 538 g/mol. The van der Waals surface area contributed by atoms with Crippen molar-refractivity contribution in [1.82, 2.24) is 24.6 Å². The van der Waals surface area contributed by atoms with Crippen molar-refractivity contribution >= 4 is 34.4 Å². The Kier molecular flexibility index (Phi) is 7.09. The first kappa shape index (κ1) is 26.8. The van der Waals surface area contributed by atoms with Gasteiger partial charge in [-0.2, -0.15) is 0 Å². The first-order chi connectivity index (χ1) is 19.9. The number of amides is 1. The number of ether oxygens (including phenoxy) is 1. The third-order valence-corrected chi connectivity index (χ3v) is 8.37. The van der Waals surface area contributed by atoms with Crippen LogP contribution in [-0.2, 0) is 34.5 Å². The molecule has 1 atom stereocenters. The summed E-state index contributed by atoms with van der Waals surface area (Å²) in [5, 5.41) is 12.6. The van der Waals surface area contributed by atoms with Crippen molar-refractivity contribution < 1.29 is 14.3 Å². The van der Waals surface area contributed by atoms with Crippen LogP contribution in [0.4, 0.5) is 0 Å². The van der Waals surface area contributed by atoms with E-state index in [-0.39, 0.29) is 11.9 Å². The van der Waals surface area contributed by atoms with E-state index in [9.17, 15) is 9.59 Å². The fourth-order valence-electron chi connectivity index (χ4n) is 5.98. The zero-order valence-corrected chi connectivity index (χ0v) is 23.7. The average molecular weight is 568 g/mol. The number of fused-ring (bicyclic) bond motifs is 3. The molecule has 6 rings (SSSR count). The second kappa shape index (κ2) is 10.9. The molecule has 5 aromatic rings. The molecule has 3 heterocycles. The fraction of sp³-hybridized carbons (Fsp3) is 0.250. The molecule has 41 heavy (non-hydrogen) atoms. The summed E-state index contributed by atoms with van der Waals surface area (Å²) < 4.78 is 8.98. The van der Waals surface area contributed by atoms with E-state index in [0.717, 1.165) is 34.1 Å². The highest BCUT2D eigenvalue weighted by Gasteiger charge is 2.40. The van der Waals surface area contributed by atoms with E-state index < -0.39 is 5.54 Å². The lowest BCUT2D eigenvalue weighted by Gasteiger charge is -2.40. The minimum atomic E-state index is -0.669. The summed E-state index contributed by atoms with van der Waals surface area (Å²) in [6.07, 6.45) is 5.52. The molecule has 2 aromatic heterocycles. The number of aromatic nitrogens is 4. The fourth-order valence-corrected chi connectivity index (χ4v) is 6.24. The summed E-state index contributed by atoms with van der Waals surface area (Å²) >= 11 is 6.64. The lowest BCUT2D eigenvalue weighted by atomic mass is 9.81. The largest absolute Gasteiger partial charge is 0.469 e. The second-order valence-electron chi connectivity index (χ2n) is 10.5. The summed E-state index contributed by atoms with van der Waals surface area (Å²) in [6, 6.07) is 21.8. The summed E-state index contributed by atoms with van der Waals surface area (Å²) in [6.45, 7) is 2.62. The Hall–Kier alpha value is -4.43. The van der Waals surface area contributed by atoms with Crippen LogP contribution < -0.4 is 5.32 Å². The number of hydrogen-bond acceptors (Lipinski definition) is 5. The molecule has 1 N–H and O–H groups in total. The van der Waals surface area contributed by atoms with E-state index in [4.69, 9.17) is 16.3 Å². The number of benzene rings is 3. The lowest BCUT2D eigenvalue weighted by Crippen LogP contribution is -2.51. The van der Waals surface area contributed by atoms with E-state index in [1.54, 1.807) is 29.4 Å². The normalized spacial score (nSPS) is 16.4. The number of nitrogens with zero attached hydrogens (tertiary/aromatic N) is 4. The highest BCUT2D eigenvalue weighted by atomic mass is 35.5. The number of carbonyl (C=O) groups excluding carboxylic acids is 2. The van der Waals surface area contributed by atoms with Crippen LogP contribution in [0.2, 0.25) is 5.02 Å². The van der Waals surface area contributed by atoms with Crippen molar-refractivity contribution in [2.45, 2.75) is 44.7 Å². The molecule has 8 nitrogen and oxygen atoms in total. The minimum Gasteiger partial charge on any atom is -0.469 e. The van der Waals surface area contributed by atoms with Gasteiger partial charge in [0.05, 0.1) is 29.8 Å². The van der Waals surface area contributed by atoms with Crippen LogP contribution in [0.15, 0.2) is 79.4 Å². The van der Waals surface area contributed by atoms with Crippen LogP contribution in [0.25, 0.3) is 16.6 Å². The maximum absolute atomic E-state index is 13.9. The van der Waals surface area contributed by atoms with Crippen LogP contribution in [0.1, 0.15) is 45.6 Å². The third kappa shape index (κ3) is 5.00. The van der Waals surface area contributed by atoms with Gasteiger partial charge in [-0.3, -0.25) is 14.2 Å². The Morgan fingerprint density at radius 2 is 1.83 bits per heavy atom. The second-order valence-corrected chi connectivity index (χ2v) is 11.0. The number of halogens is 1. The summed E-state index contributed by atoms with van der Waals surface area (Å²) in [4.78, 5) is 25.9. The predicted octanol–water partition coefficient (Wildman–Crippen LogP) is 5.56. The van der Waals surface area contributed by atoms with Crippen molar-refractivity contribution in [1.29, 1.82) is 0 Å². The van der Waals surface area contributed by atoms with Crippen molar-refractivity contribution in [2.75, 3.05) is 7.11 Å². The van der Waals surface area contributed by atoms with Crippen LogP contribution in [0, 0.1) is 6.92 Å². The van der Waals surface area contributed by atoms with Gasteiger partial charge in [-0.15, -0.1) is 10.2 Å². The highest BCUT2D eigenvalue weighted by Crippen LogP contribution is 2.40. The van der Waals surface area contributed by atoms with Crippen molar-refractivity contribution in [3.05, 3.63) is 112 Å². The number of carbonyl (C=O) groups is 2. The van der Waals surface area contributed by atoms with E-state index in [1.807, 2.05) is 24.3 Å². The molecule has 0 aliphatic carbocycles. The molecule has 0 fully saturated rings. The number of esters is 1. The van der Waals surface area contributed by atoms with Gasteiger partial charge >= 0.3 is 5.97 Å². The third-order valence-electron chi connectivity index (χ3n) is 8.06. The molecule has 3 aromatic carbocycles. The summed E-state index contributed by atoms with van der Waals surface area (Å²) in [5.41, 5.74) is 6.16. The zero-order chi connectivity index (χ0) is 28.6. The average Bonchev–Trinajstić information content (AvgIpc) is 3.62. The number of aryl methyl sites for hydroxylation is 2. The zero-order valence-electron chi connectivity index (χ0n) is 22.9. The number of methoxy groups -OCH3 is 1. The van der Waals surface area contributed by atoms with Crippen molar-refractivity contribution in [3.63, 3.8) is 0 Å². The minimum absolute atomic E-state index is 0.223. The van der Waals surface area contributed by atoms with E-state index in [1.165, 1.54) is 18.4 Å². The lowest BCUT2D eigenvalue weighted by molar-refractivity contribution is -0.140. The van der Waals surface area contributed by atoms with Gasteiger partial charge in [-0.1, -0.05) is 53.6 Å². The van der Waals surface area contributed by atoms with Crippen LogP contribution in [0.3, 0.4) is 0 Å². The number of nitrogens with one attached hydrogen (secondary N) is 1. The van der Waals surface area contributed by atoms with Gasteiger partial charge in [0.25, 0.3) is 5.91 Å². The van der Waals surface area contributed by atoms with Gasteiger partial charge in [0.15, 0.2) is 0 Å². The molecule has 0 saturated carbocycles. The molecule has 0 radical (unpaired) electrons. The van der Waals surface area contributed by atoms with Crippen LogP contribution in [0.5, 0.6) is 0 Å². The molecule has 1 unspecified atom stereocenters. The first-order valence-electron chi connectivity index (χ1n) is 13.6. The van der Waals surface area contributed by atoms with Gasteiger partial charge < -0.3 is 14.6 Å². The van der Waals surface area contributed by atoms with E-state index in [2.05, 4.69) is 57.3 Å². The Morgan fingerprint density at radius 1 is 1.05 bits per heavy atom. The Balaban J connectivity index is 1.39. The van der Waals surface area contributed by atoms with Gasteiger partial charge in [0.2, 0.25) is 0 Å². The van der Waals surface area contributed by atoms with E-state index in [0.29, 0.717) is 36.4 Å². The van der Waals surface area contributed by atoms with Gasteiger partial charge in [-0.05, 0) is 67.6 Å². The Bertz CT molecular complexity index is 1750. The highest BCUT2D eigenvalue weighted by molar-refractivity contribution is 6.34. The number of hydrogen-bond donors (Lipinski definition) is 1. The van der Waals surface area contributed by atoms with Gasteiger partial charge in [0.1, 0.15) is 12.7 Å². The maximum atomic E-state index is 13.9. The Labute approximate surface area is 242 Å². The quantitative estimate of drug-likeness (QED) is 0.260. The molecule has 1 amide bonds. The maximum Gasteiger partial charge on any atom is 0.305 e. The van der Waals surface area contributed by atoms with Crippen LogP contribution >= 0.6 is 11.6 Å². The molecule has 208 valence electrons. The summed E-state index contributed by atoms with van der Waals surface area (Å²) in [7, 11) is 1.42. The Morgan fingerprint density at radius 3 is 2.56 bits per heavy atom. The van der Waals surface area contributed by atoms with Gasteiger partial charge in [0, 0.05) is 28.7 Å². The monoisotopic (exact) mass is 567 g/mol. The molecule has 1 aliphatic heterocycles. The molecule has 1 aliphatic rings. The summed E-state index contributed by atoms with van der Waals surface area (Å²) in [5.74, 6) is -0.463. The molecule has 9 heteroatoms. The molecule has 0 saturated heterocycles. The van der Waals surface area contributed by atoms with Gasteiger partial charge in [-0.25, -0.2) is 0 Å². The first-order valence-corrected chi connectivity index (χ1v) is 14.0. The standard InChI is InChI=1S/C32H30ClN5O3/c1-21-8-12-28-26(16-21)24(11-13-30(39)41-2)29-14-15-32(18-38(28)29,22-6-4-3-5-7-22)36-31(40)25-10-9-23(17-27(25)33)37-19-34-35-20-37/h3-10,12,16-17,19-20H,11,13-15,18H2,1-2H3,(H,36,40). The van der Waals surface area contributed by atoms with Crippen LogP contribution in [-0.4, -0.2) is 38.3 Å². The van der Waals surface area contributed by atoms with E-state index >= 15 is 0 Å². The van der Waals surface area contributed by atoms with Crippen molar-refractivity contribution in [3.8, 4) is 5.69 Å². The molecule has 0 bridgehead atoms. The molecular formula is C32H30ClN5O3. The topological polar surface area (TPSA) is 91.0 Å². The molecule has 0 spiro atoms. The SMILES string of the molecule is COC(=O)CCc1c2n(c3ccc(C)cc13)CC(NC(=O)c1ccc(-n3cnnc3)cc1Cl)(c1ccccc1)CC2. The number of rotatable bonds is 7. The van der Waals surface area contributed by atoms with Crippen molar-refractivity contribution in [2.24, 2.45) is 0 Å².